The maximum Gasteiger partial charge on any atom is 0.133 e. The van der Waals surface area contributed by atoms with Gasteiger partial charge in [0, 0.05) is 26.2 Å². The zero-order valence-corrected chi connectivity index (χ0v) is 18.5. The maximum atomic E-state index is 11.1. The number of benzene rings is 2. The Morgan fingerprint density at radius 1 is 0.933 bits per heavy atom. The molecule has 0 aromatic heterocycles. The van der Waals surface area contributed by atoms with Crippen LogP contribution in [0.15, 0.2) is 60.7 Å². The van der Waals surface area contributed by atoms with Crippen LogP contribution >= 0.6 is 0 Å². The molecule has 2 heterocycles. The first kappa shape index (κ1) is 21.5. The fourth-order valence-corrected chi connectivity index (χ4v) is 5.21. The monoisotopic (exact) mass is 408 g/mol. The van der Waals surface area contributed by atoms with Crippen LogP contribution in [0.5, 0.6) is 0 Å². The Balaban J connectivity index is 1.42. The van der Waals surface area contributed by atoms with Crippen LogP contribution in [0.2, 0.25) is 0 Å². The van der Waals surface area contributed by atoms with Gasteiger partial charge >= 0.3 is 0 Å². The van der Waals surface area contributed by atoms with E-state index < -0.39 is 6.23 Å². The van der Waals surface area contributed by atoms with E-state index in [9.17, 15) is 5.11 Å². The van der Waals surface area contributed by atoms with Crippen LogP contribution in [0.3, 0.4) is 0 Å². The van der Waals surface area contributed by atoms with Crippen molar-refractivity contribution in [1.29, 1.82) is 0 Å². The number of morpholine rings is 1. The van der Waals surface area contributed by atoms with Crippen molar-refractivity contribution in [2.45, 2.75) is 57.0 Å². The minimum atomic E-state index is -0.580. The molecule has 0 bridgehead atoms. The molecule has 1 N–H and O–H groups in total. The molecule has 4 heteroatoms. The van der Waals surface area contributed by atoms with Gasteiger partial charge in [-0.25, -0.2) is 0 Å². The fourth-order valence-electron chi connectivity index (χ4n) is 5.21. The molecule has 2 atom stereocenters. The standard InChI is InChI=1S/C26H36N2O2/c1-25(2)20-28(24(29)23-12-7-4-8-13-23)21-26(30-25)15-9-17-27(19-16-26)18-14-22-10-5-3-6-11-22/h3-8,10-13,24,29H,9,14-21H2,1-2H3. The average Bonchev–Trinajstić information content (AvgIpc) is 2.93. The summed E-state index contributed by atoms with van der Waals surface area (Å²) in [5.41, 5.74) is 1.92. The Kier molecular flexibility index (Phi) is 6.59. The van der Waals surface area contributed by atoms with Crippen molar-refractivity contribution in [3.63, 3.8) is 0 Å². The number of rotatable bonds is 5. The van der Waals surface area contributed by atoms with Gasteiger partial charge in [0.1, 0.15) is 6.23 Å². The van der Waals surface area contributed by atoms with Crippen molar-refractivity contribution in [3.8, 4) is 0 Å². The number of hydrogen-bond donors (Lipinski definition) is 1. The van der Waals surface area contributed by atoms with Crippen molar-refractivity contribution >= 4 is 0 Å². The van der Waals surface area contributed by atoms with Crippen LogP contribution < -0.4 is 0 Å². The molecule has 2 aromatic carbocycles. The van der Waals surface area contributed by atoms with E-state index in [4.69, 9.17) is 4.74 Å². The molecule has 2 aliphatic heterocycles. The molecule has 2 saturated heterocycles. The molecule has 2 aliphatic rings. The third-order valence-electron chi connectivity index (χ3n) is 6.56. The third-order valence-corrected chi connectivity index (χ3v) is 6.56. The summed E-state index contributed by atoms with van der Waals surface area (Å²) in [6.07, 6.45) is 3.72. The number of ether oxygens (including phenoxy) is 1. The van der Waals surface area contributed by atoms with E-state index in [0.717, 1.165) is 64.0 Å². The van der Waals surface area contributed by atoms with Gasteiger partial charge in [0.05, 0.1) is 11.2 Å². The highest BCUT2D eigenvalue weighted by atomic mass is 16.5. The van der Waals surface area contributed by atoms with Crippen LogP contribution in [-0.4, -0.2) is 58.8 Å². The average molecular weight is 409 g/mol. The largest absolute Gasteiger partial charge is 0.374 e. The lowest BCUT2D eigenvalue weighted by atomic mass is 9.88. The van der Waals surface area contributed by atoms with E-state index in [1.165, 1.54) is 5.56 Å². The molecular weight excluding hydrogens is 372 g/mol. The van der Waals surface area contributed by atoms with E-state index in [2.05, 4.69) is 54.0 Å². The van der Waals surface area contributed by atoms with Crippen molar-refractivity contribution < 1.29 is 9.84 Å². The minimum Gasteiger partial charge on any atom is -0.374 e. The molecule has 0 aliphatic carbocycles. The molecule has 2 unspecified atom stereocenters. The normalized spacial score (nSPS) is 26.4. The van der Waals surface area contributed by atoms with E-state index in [1.54, 1.807) is 0 Å². The van der Waals surface area contributed by atoms with Crippen molar-refractivity contribution in [1.82, 2.24) is 9.80 Å². The Morgan fingerprint density at radius 2 is 1.63 bits per heavy atom. The van der Waals surface area contributed by atoms with Crippen LogP contribution in [0.4, 0.5) is 0 Å². The van der Waals surface area contributed by atoms with Gasteiger partial charge < -0.3 is 14.7 Å². The first-order valence-corrected chi connectivity index (χ1v) is 11.4. The van der Waals surface area contributed by atoms with E-state index >= 15 is 0 Å². The van der Waals surface area contributed by atoms with Crippen molar-refractivity contribution in [2.24, 2.45) is 0 Å². The van der Waals surface area contributed by atoms with Crippen molar-refractivity contribution in [2.75, 3.05) is 32.7 Å². The molecule has 162 valence electrons. The van der Waals surface area contributed by atoms with E-state index in [1.807, 2.05) is 30.3 Å². The SMILES string of the molecule is CC1(C)CN(C(O)c2ccccc2)CC2(CCCN(CCc3ccccc3)CC2)O1. The lowest BCUT2D eigenvalue weighted by Crippen LogP contribution is -2.60. The molecule has 4 nitrogen and oxygen atoms in total. The molecule has 2 fully saturated rings. The van der Waals surface area contributed by atoms with Gasteiger partial charge in [-0.05, 0) is 57.2 Å². The molecule has 0 amide bonds. The number of aliphatic hydroxyl groups is 1. The van der Waals surface area contributed by atoms with Gasteiger partial charge in [0.15, 0.2) is 0 Å². The number of nitrogens with zero attached hydrogens (tertiary/aromatic N) is 2. The predicted molar refractivity (Wildman–Crippen MR) is 121 cm³/mol. The van der Waals surface area contributed by atoms with Crippen molar-refractivity contribution in [3.05, 3.63) is 71.8 Å². The summed E-state index contributed by atoms with van der Waals surface area (Å²) in [7, 11) is 0. The molecule has 2 aromatic rings. The second-order valence-electron chi connectivity index (χ2n) is 9.66. The van der Waals surface area contributed by atoms with Gasteiger partial charge in [-0.2, -0.15) is 0 Å². The second kappa shape index (κ2) is 9.19. The minimum absolute atomic E-state index is 0.182. The third kappa shape index (κ3) is 5.30. The molecule has 0 radical (unpaired) electrons. The number of aliphatic hydroxyl groups excluding tert-OH is 1. The number of likely N-dealkylation sites (tertiary alicyclic amines) is 1. The fraction of sp³-hybridized carbons (Fsp3) is 0.538. The maximum absolute atomic E-state index is 11.1. The highest BCUT2D eigenvalue weighted by molar-refractivity contribution is 5.18. The second-order valence-corrected chi connectivity index (χ2v) is 9.66. The Morgan fingerprint density at radius 3 is 2.37 bits per heavy atom. The van der Waals surface area contributed by atoms with E-state index in [0.29, 0.717) is 0 Å². The van der Waals surface area contributed by atoms with E-state index in [-0.39, 0.29) is 11.2 Å². The first-order valence-electron chi connectivity index (χ1n) is 11.4. The summed E-state index contributed by atoms with van der Waals surface area (Å²) in [6, 6.07) is 20.8. The summed E-state index contributed by atoms with van der Waals surface area (Å²) >= 11 is 0. The molecule has 1 spiro atoms. The summed E-state index contributed by atoms with van der Waals surface area (Å²) in [5.74, 6) is 0. The topological polar surface area (TPSA) is 35.9 Å². The number of hydrogen-bond acceptors (Lipinski definition) is 4. The quantitative estimate of drug-likeness (QED) is 0.802. The van der Waals surface area contributed by atoms with Gasteiger partial charge in [-0.15, -0.1) is 0 Å². The summed E-state index contributed by atoms with van der Waals surface area (Å²) in [5, 5.41) is 11.1. The Hall–Kier alpha value is -1.72. The zero-order valence-electron chi connectivity index (χ0n) is 18.5. The van der Waals surface area contributed by atoms with Crippen LogP contribution in [0, 0.1) is 0 Å². The van der Waals surface area contributed by atoms with Gasteiger partial charge in [0.2, 0.25) is 0 Å². The summed E-state index contributed by atoms with van der Waals surface area (Å²) < 4.78 is 6.73. The van der Waals surface area contributed by atoms with Gasteiger partial charge in [-0.3, -0.25) is 4.90 Å². The summed E-state index contributed by atoms with van der Waals surface area (Å²) in [4.78, 5) is 4.81. The van der Waals surface area contributed by atoms with Crippen LogP contribution in [0.1, 0.15) is 50.5 Å². The van der Waals surface area contributed by atoms with Gasteiger partial charge in [-0.1, -0.05) is 60.7 Å². The lowest BCUT2D eigenvalue weighted by Gasteiger charge is -2.51. The lowest BCUT2D eigenvalue weighted by molar-refractivity contribution is -0.225. The molecule has 4 rings (SSSR count). The highest BCUT2D eigenvalue weighted by Crippen LogP contribution is 2.39. The highest BCUT2D eigenvalue weighted by Gasteiger charge is 2.46. The molecule has 0 saturated carbocycles. The Labute approximate surface area is 181 Å². The van der Waals surface area contributed by atoms with Crippen LogP contribution in [0.25, 0.3) is 0 Å². The first-order chi connectivity index (χ1) is 14.4. The van der Waals surface area contributed by atoms with Gasteiger partial charge in [0.25, 0.3) is 0 Å². The summed E-state index contributed by atoms with van der Waals surface area (Å²) in [6.45, 7) is 9.13. The zero-order chi connectivity index (χ0) is 21.0. The molecular formula is C26H36N2O2. The predicted octanol–water partition coefficient (Wildman–Crippen LogP) is 4.26. The van der Waals surface area contributed by atoms with Crippen LogP contribution in [-0.2, 0) is 11.2 Å². The Bertz CT molecular complexity index is 795. The molecule has 30 heavy (non-hydrogen) atoms. The smallest absolute Gasteiger partial charge is 0.133 e.